The maximum Gasteiger partial charge on any atom is 0.325 e. The van der Waals surface area contributed by atoms with Crippen LogP contribution in [-0.2, 0) is 11.3 Å². The third-order valence-corrected chi connectivity index (χ3v) is 4.56. The first-order valence-corrected chi connectivity index (χ1v) is 6.37. The summed E-state index contributed by atoms with van der Waals surface area (Å²) in [5.74, 6) is -0.869. The number of aliphatic carboxylic acids is 1. The molecule has 1 fully saturated rings. The van der Waals surface area contributed by atoms with Crippen molar-refractivity contribution in [2.24, 2.45) is 11.7 Å². The number of halogens is 1. The van der Waals surface area contributed by atoms with Crippen molar-refractivity contribution in [2.75, 3.05) is 0 Å². The molecular formula is C11H16BrN3O2. The van der Waals surface area contributed by atoms with E-state index in [9.17, 15) is 9.90 Å². The van der Waals surface area contributed by atoms with Crippen molar-refractivity contribution in [1.29, 1.82) is 0 Å². The molecule has 0 bridgehead atoms. The quantitative estimate of drug-likeness (QED) is 0.882. The second-order valence-corrected chi connectivity index (χ2v) is 5.56. The average Bonchev–Trinajstić information content (AvgIpc) is 3.06. The van der Waals surface area contributed by atoms with Gasteiger partial charge in [-0.1, -0.05) is 0 Å². The fourth-order valence-electron chi connectivity index (χ4n) is 2.05. The Labute approximate surface area is 108 Å². The predicted octanol–water partition coefficient (Wildman–Crippen LogP) is 1.45. The molecule has 1 aromatic heterocycles. The van der Waals surface area contributed by atoms with Crippen LogP contribution in [-0.4, -0.2) is 26.4 Å². The molecule has 0 saturated heterocycles. The number of rotatable bonds is 4. The van der Waals surface area contributed by atoms with E-state index in [0.717, 1.165) is 28.7 Å². The molecule has 0 spiro atoms. The lowest BCUT2D eigenvalue weighted by Crippen LogP contribution is -2.53. The van der Waals surface area contributed by atoms with Gasteiger partial charge in [0.25, 0.3) is 0 Å². The lowest BCUT2D eigenvalue weighted by molar-refractivity contribution is -0.145. The third-order valence-electron chi connectivity index (χ3n) is 3.41. The number of hydrogen-bond acceptors (Lipinski definition) is 3. The van der Waals surface area contributed by atoms with Gasteiger partial charge in [0, 0.05) is 5.69 Å². The number of carbonyl (C=O) groups is 1. The Morgan fingerprint density at radius 1 is 1.65 bits per heavy atom. The average molecular weight is 302 g/mol. The van der Waals surface area contributed by atoms with E-state index in [1.807, 2.05) is 13.8 Å². The van der Waals surface area contributed by atoms with Crippen LogP contribution in [0.15, 0.2) is 4.47 Å². The van der Waals surface area contributed by atoms with Crippen LogP contribution in [0.25, 0.3) is 0 Å². The van der Waals surface area contributed by atoms with E-state index < -0.39 is 11.5 Å². The van der Waals surface area contributed by atoms with E-state index >= 15 is 0 Å². The lowest BCUT2D eigenvalue weighted by atomic mass is 9.94. The number of nitrogens with zero attached hydrogens (tertiary/aromatic N) is 2. The van der Waals surface area contributed by atoms with E-state index in [4.69, 9.17) is 5.73 Å². The summed E-state index contributed by atoms with van der Waals surface area (Å²) in [6, 6.07) is 0. The molecule has 3 N–H and O–H groups in total. The number of hydrogen-bond donors (Lipinski definition) is 2. The Kier molecular flexibility index (Phi) is 3.03. The molecule has 0 aromatic carbocycles. The van der Waals surface area contributed by atoms with Crippen LogP contribution in [0.5, 0.6) is 0 Å². The molecule has 94 valence electrons. The van der Waals surface area contributed by atoms with Crippen molar-refractivity contribution in [3.63, 3.8) is 0 Å². The predicted molar refractivity (Wildman–Crippen MR) is 66.7 cm³/mol. The topological polar surface area (TPSA) is 81.1 Å². The van der Waals surface area contributed by atoms with Gasteiger partial charge in [-0.05, 0) is 48.5 Å². The van der Waals surface area contributed by atoms with Crippen LogP contribution < -0.4 is 5.73 Å². The minimum absolute atomic E-state index is 0.0719. The van der Waals surface area contributed by atoms with Gasteiger partial charge in [-0.15, -0.1) is 0 Å². The molecule has 1 aliphatic rings. The van der Waals surface area contributed by atoms with Gasteiger partial charge in [-0.25, -0.2) is 0 Å². The fourth-order valence-corrected chi connectivity index (χ4v) is 2.33. The highest BCUT2D eigenvalue weighted by atomic mass is 79.9. The molecule has 0 radical (unpaired) electrons. The van der Waals surface area contributed by atoms with Gasteiger partial charge in [0.1, 0.15) is 5.54 Å². The molecule has 5 nitrogen and oxygen atoms in total. The first kappa shape index (κ1) is 12.6. The van der Waals surface area contributed by atoms with Gasteiger partial charge >= 0.3 is 5.97 Å². The number of nitrogens with two attached hydrogens (primary N) is 1. The summed E-state index contributed by atoms with van der Waals surface area (Å²) in [5, 5.41) is 13.6. The third kappa shape index (κ3) is 2.11. The fraction of sp³-hybridized carbons (Fsp3) is 0.636. The zero-order chi connectivity index (χ0) is 12.8. The molecule has 1 aliphatic carbocycles. The molecule has 0 aliphatic heterocycles. The Balaban J connectivity index is 2.29. The van der Waals surface area contributed by atoms with Gasteiger partial charge in [0.15, 0.2) is 0 Å². The van der Waals surface area contributed by atoms with Crippen molar-refractivity contribution in [2.45, 2.75) is 38.8 Å². The van der Waals surface area contributed by atoms with Crippen molar-refractivity contribution >= 4 is 21.9 Å². The summed E-state index contributed by atoms with van der Waals surface area (Å²) < 4.78 is 2.60. The maximum absolute atomic E-state index is 11.3. The summed E-state index contributed by atoms with van der Waals surface area (Å²) in [4.78, 5) is 11.3. The summed E-state index contributed by atoms with van der Waals surface area (Å²) >= 11 is 3.43. The Bertz CT molecular complexity index is 468. The smallest absolute Gasteiger partial charge is 0.325 e. The minimum Gasteiger partial charge on any atom is -0.480 e. The molecule has 1 saturated carbocycles. The number of aromatic nitrogens is 2. The normalized spacial score (nSPS) is 19.1. The summed E-state index contributed by atoms with van der Waals surface area (Å²) in [6.07, 6.45) is 1.78. The van der Waals surface area contributed by atoms with Crippen molar-refractivity contribution in [1.82, 2.24) is 9.78 Å². The second-order valence-electron chi connectivity index (χ2n) is 4.76. The Hall–Kier alpha value is -0.880. The highest BCUT2D eigenvalue weighted by Crippen LogP contribution is 2.39. The summed E-state index contributed by atoms with van der Waals surface area (Å²) in [5.41, 5.74) is 6.61. The standard InChI is InChI=1S/C11H16BrN3O2/c1-6-9(12)7(2)15(14-6)5-11(13,10(16)17)8-3-4-8/h8H,3-5,13H2,1-2H3,(H,16,17). The van der Waals surface area contributed by atoms with Crippen LogP contribution in [0.1, 0.15) is 24.2 Å². The highest BCUT2D eigenvalue weighted by Gasteiger charge is 2.49. The molecule has 0 amide bonds. The molecule has 1 aromatic rings. The molecule has 1 atom stereocenters. The molecule has 1 unspecified atom stereocenters. The van der Waals surface area contributed by atoms with Crippen LogP contribution >= 0.6 is 15.9 Å². The van der Waals surface area contributed by atoms with Gasteiger partial charge in [0.05, 0.1) is 16.7 Å². The number of carboxylic acid groups (broad SMARTS) is 1. The number of carboxylic acids is 1. The van der Waals surface area contributed by atoms with Crippen molar-refractivity contribution < 1.29 is 9.90 Å². The molecule has 2 rings (SSSR count). The van der Waals surface area contributed by atoms with Gasteiger partial charge < -0.3 is 10.8 Å². The van der Waals surface area contributed by atoms with Crippen LogP contribution in [0.2, 0.25) is 0 Å². The minimum atomic E-state index is -1.19. The van der Waals surface area contributed by atoms with E-state index in [0.29, 0.717) is 0 Å². The molecule has 6 heteroatoms. The van der Waals surface area contributed by atoms with Crippen LogP contribution in [0, 0.1) is 19.8 Å². The van der Waals surface area contributed by atoms with E-state index in [1.165, 1.54) is 0 Å². The Morgan fingerprint density at radius 3 is 2.59 bits per heavy atom. The van der Waals surface area contributed by atoms with Gasteiger partial charge in [-0.3, -0.25) is 9.48 Å². The zero-order valence-corrected chi connectivity index (χ0v) is 11.5. The van der Waals surface area contributed by atoms with Crippen LogP contribution in [0.3, 0.4) is 0 Å². The molecule has 17 heavy (non-hydrogen) atoms. The lowest BCUT2D eigenvalue weighted by Gasteiger charge is -2.25. The van der Waals surface area contributed by atoms with Gasteiger partial charge in [-0.2, -0.15) is 5.10 Å². The van der Waals surface area contributed by atoms with E-state index in [-0.39, 0.29) is 12.5 Å². The second kappa shape index (κ2) is 4.10. The Morgan fingerprint density at radius 2 is 2.24 bits per heavy atom. The van der Waals surface area contributed by atoms with Crippen molar-refractivity contribution in [3.05, 3.63) is 15.9 Å². The summed E-state index contributed by atoms with van der Waals surface area (Å²) in [6.45, 7) is 4.01. The largest absolute Gasteiger partial charge is 0.480 e. The maximum atomic E-state index is 11.3. The van der Waals surface area contributed by atoms with E-state index in [1.54, 1.807) is 4.68 Å². The first-order chi connectivity index (χ1) is 7.86. The van der Waals surface area contributed by atoms with Gasteiger partial charge in [0.2, 0.25) is 0 Å². The highest BCUT2D eigenvalue weighted by molar-refractivity contribution is 9.10. The van der Waals surface area contributed by atoms with Crippen LogP contribution in [0.4, 0.5) is 0 Å². The SMILES string of the molecule is Cc1nn(CC(N)(C(=O)O)C2CC2)c(C)c1Br. The monoisotopic (exact) mass is 301 g/mol. The van der Waals surface area contributed by atoms with Crippen molar-refractivity contribution in [3.8, 4) is 0 Å². The summed E-state index contributed by atoms with van der Waals surface area (Å²) in [7, 11) is 0. The number of aryl methyl sites for hydroxylation is 1. The zero-order valence-electron chi connectivity index (χ0n) is 9.90. The molecule has 1 heterocycles. The first-order valence-electron chi connectivity index (χ1n) is 5.58. The molecular weight excluding hydrogens is 286 g/mol. The van der Waals surface area contributed by atoms with E-state index in [2.05, 4.69) is 21.0 Å².